The number of aromatic nitrogens is 3. The van der Waals surface area contributed by atoms with E-state index in [1.165, 1.54) is 6.33 Å². The summed E-state index contributed by atoms with van der Waals surface area (Å²) in [7, 11) is 0. The Balaban J connectivity index is 1.62. The van der Waals surface area contributed by atoms with Gasteiger partial charge in [-0.25, -0.2) is 15.0 Å². The molecular formula is C17H21N5O. The Hall–Kier alpha value is -2.50. The molecule has 1 fully saturated rings. The van der Waals surface area contributed by atoms with Gasteiger partial charge in [-0.05, 0) is 49.8 Å². The number of hydrogen-bond acceptors (Lipinski definition) is 5. The molecule has 0 radical (unpaired) electrons. The Morgan fingerprint density at radius 1 is 1.22 bits per heavy atom. The first kappa shape index (κ1) is 15.4. The molecule has 6 nitrogen and oxygen atoms in total. The van der Waals surface area contributed by atoms with Crippen molar-refractivity contribution in [3.8, 4) is 0 Å². The molecule has 2 aromatic heterocycles. The third-order valence-electron chi connectivity index (χ3n) is 4.29. The molecule has 1 saturated heterocycles. The van der Waals surface area contributed by atoms with Gasteiger partial charge in [0.05, 0.1) is 0 Å². The summed E-state index contributed by atoms with van der Waals surface area (Å²) >= 11 is 0. The normalized spacial score (nSPS) is 18.4. The average molecular weight is 311 g/mol. The maximum atomic E-state index is 11.2. The molecule has 0 spiro atoms. The standard InChI is InChI=1S/C17H21N5O/c18-17(23)15-11-14(20-12-21-15)10-13-4-3-8-22(9-6-13)16-5-1-2-7-19-16/h1-2,5,7,11-13H,3-4,6,8-10H2,(H2,18,23)/t13-/m0/s1. The first-order chi connectivity index (χ1) is 11.2. The molecule has 3 rings (SSSR count). The number of primary amides is 1. The van der Waals surface area contributed by atoms with E-state index in [0.717, 1.165) is 50.3 Å². The van der Waals surface area contributed by atoms with Crippen LogP contribution in [0.1, 0.15) is 35.4 Å². The minimum atomic E-state index is -0.504. The minimum Gasteiger partial charge on any atom is -0.364 e. The average Bonchev–Trinajstić information content (AvgIpc) is 2.81. The van der Waals surface area contributed by atoms with E-state index < -0.39 is 5.91 Å². The van der Waals surface area contributed by atoms with Crippen LogP contribution in [0, 0.1) is 5.92 Å². The first-order valence-electron chi connectivity index (χ1n) is 7.99. The van der Waals surface area contributed by atoms with E-state index in [0.29, 0.717) is 11.6 Å². The smallest absolute Gasteiger partial charge is 0.267 e. The van der Waals surface area contributed by atoms with Gasteiger partial charge >= 0.3 is 0 Å². The number of carbonyl (C=O) groups excluding carboxylic acids is 1. The molecule has 1 aliphatic heterocycles. The summed E-state index contributed by atoms with van der Waals surface area (Å²) in [4.78, 5) is 26.2. The lowest BCUT2D eigenvalue weighted by atomic mass is 9.95. The van der Waals surface area contributed by atoms with E-state index in [2.05, 4.69) is 25.9 Å². The largest absolute Gasteiger partial charge is 0.364 e. The van der Waals surface area contributed by atoms with Crippen molar-refractivity contribution in [2.24, 2.45) is 11.7 Å². The SMILES string of the molecule is NC(=O)c1cc(C[C@H]2CCCN(c3ccccn3)CC2)ncn1. The van der Waals surface area contributed by atoms with Crippen LogP contribution in [-0.2, 0) is 6.42 Å². The minimum absolute atomic E-state index is 0.290. The number of rotatable bonds is 4. The summed E-state index contributed by atoms with van der Waals surface area (Å²) in [6.45, 7) is 2.03. The van der Waals surface area contributed by atoms with Crippen molar-refractivity contribution < 1.29 is 4.79 Å². The number of nitrogens with zero attached hydrogens (tertiary/aromatic N) is 4. The number of hydrogen-bond donors (Lipinski definition) is 1. The molecule has 1 atom stereocenters. The Bertz CT molecular complexity index is 661. The zero-order chi connectivity index (χ0) is 16.1. The van der Waals surface area contributed by atoms with Crippen molar-refractivity contribution >= 4 is 11.7 Å². The molecule has 23 heavy (non-hydrogen) atoms. The lowest BCUT2D eigenvalue weighted by molar-refractivity contribution is 0.0995. The quantitative estimate of drug-likeness (QED) is 0.931. The summed E-state index contributed by atoms with van der Waals surface area (Å²) in [6.07, 6.45) is 7.50. The highest BCUT2D eigenvalue weighted by atomic mass is 16.1. The van der Waals surface area contributed by atoms with Gasteiger partial charge in [0.1, 0.15) is 17.8 Å². The van der Waals surface area contributed by atoms with Crippen LogP contribution in [0.3, 0.4) is 0 Å². The number of pyridine rings is 1. The molecule has 0 unspecified atom stereocenters. The van der Waals surface area contributed by atoms with E-state index in [9.17, 15) is 4.79 Å². The molecular weight excluding hydrogens is 290 g/mol. The van der Waals surface area contributed by atoms with Crippen LogP contribution in [0.2, 0.25) is 0 Å². The van der Waals surface area contributed by atoms with Gasteiger partial charge in [-0.2, -0.15) is 0 Å². The molecule has 2 N–H and O–H groups in total. The predicted molar refractivity (Wildman–Crippen MR) is 88.0 cm³/mol. The molecule has 1 amide bonds. The van der Waals surface area contributed by atoms with E-state index in [4.69, 9.17) is 5.73 Å². The number of carbonyl (C=O) groups is 1. The van der Waals surface area contributed by atoms with Crippen LogP contribution in [0.25, 0.3) is 0 Å². The molecule has 0 aromatic carbocycles. The zero-order valence-corrected chi connectivity index (χ0v) is 13.1. The van der Waals surface area contributed by atoms with Crippen molar-refractivity contribution in [1.82, 2.24) is 15.0 Å². The van der Waals surface area contributed by atoms with Gasteiger partial charge in [-0.1, -0.05) is 6.07 Å². The molecule has 6 heteroatoms. The fourth-order valence-electron chi connectivity index (χ4n) is 3.08. The van der Waals surface area contributed by atoms with Gasteiger partial charge in [-0.15, -0.1) is 0 Å². The Morgan fingerprint density at radius 3 is 2.91 bits per heavy atom. The fraction of sp³-hybridized carbons (Fsp3) is 0.412. The van der Waals surface area contributed by atoms with Crippen molar-refractivity contribution in [1.29, 1.82) is 0 Å². The lowest BCUT2D eigenvalue weighted by Gasteiger charge is -2.21. The van der Waals surface area contributed by atoms with Gasteiger partial charge in [0.15, 0.2) is 0 Å². The van der Waals surface area contributed by atoms with Gasteiger partial charge in [0.2, 0.25) is 0 Å². The van der Waals surface area contributed by atoms with Crippen LogP contribution >= 0.6 is 0 Å². The van der Waals surface area contributed by atoms with E-state index in [-0.39, 0.29) is 0 Å². The molecule has 0 aliphatic carbocycles. The summed E-state index contributed by atoms with van der Waals surface area (Å²) in [5.74, 6) is 1.10. The van der Waals surface area contributed by atoms with Crippen LogP contribution in [0.4, 0.5) is 5.82 Å². The topological polar surface area (TPSA) is 85.0 Å². The van der Waals surface area contributed by atoms with E-state index >= 15 is 0 Å². The van der Waals surface area contributed by atoms with Gasteiger partial charge in [-0.3, -0.25) is 4.79 Å². The highest BCUT2D eigenvalue weighted by Crippen LogP contribution is 2.23. The van der Waals surface area contributed by atoms with Crippen LogP contribution < -0.4 is 10.6 Å². The van der Waals surface area contributed by atoms with Crippen molar-refractivity contribution in [3.05, 3.63) is 48.2 Å². The number of anilines is 1. The summed E-state index contributed by atoms with van der Waals surface area (Å²) in [6, 6.07) is 7.74. The maximum absolute atomic E-state index is 11.2. The highest BCUT2D eigenvalue weighted by Gasteiger charge is 2.19. The number of amides is 1. The first-order valence-corrected chi connectivity index (χ1v) is 7.99. The van der Waals surface area contributed by atoms with Gasteiger partial charge in [0.25, 0.3) is 5.91 Å². The van der Waals surface area contributed by atoms with Crippen LogP contribution in [-0.4, -0.2) is 33.9 Å². The Kier molecular flexibility index (Phi) is 4.80. The maximum Gasteiger partial charge on any atom is 0.267 e. The molecule has 120 valence electrons. The second kappa shape index (κ2) is 7.17. The summed E-state index contributed by atoms with van der Waals surface area (Å²) < 4.78 is 0. The van der Waals surface area contributed by atoms with Crippen LogP contribution in [0.15, 0.2) is 36.8 Å². The second-order valence-electron chi connectivity index (χ2n) is 5.93. The zero-order valence-electron chi connectivity index (χ0n) is 13.1. The predicted octanol–water partition coefficient (Wildman–Crippen LogP) is 1.82. The lowest BCUT2D eigenvalue weighted by Crippen LogP contribution is -2.25. The van der Waals surface area contributed by atoms with E-state index in [1.54, 1.807) is 6.07 Å². The second-order valence-corrected chi connectivity index (χ2v) is 5.93. The van der Waals surface area contributed by atoms with Crippen molar-refractivity contribution in [3.63, 3.8) is 0 Å². The summed E-state index contributed by atoms with van der Waals surface area (Å²) in [5.41, 5.74) is 6.46. The van der Waals surface area contributed by atoms with Crippen LogP contribution in [0.5, 0.6) is 0 Å². The fourth-order valence-corrected chi connectivity index (χ4v) is 3.08. The van der Waals surface area contributed by atoms with Crippen molar-refractivity contribution in [2.75, 3.05) is 18.0 Å². The van der Waals surface area contributed by atoms with Crippen molar-refractivity contribution in [2.45, 2.75) is 25.7 Å². The highest BCUT2D eigenvalue weighted by molar-refractivity contribution is 5.90. The van der Waals surface area contributed by atoms with Gasteiger partial charge in [0, 0.05) is 25.0 Å². The Morgan fingerprint density at radius 2 is 2.13 bits per heavy atom. The Labute approximate surface area is 135 Å². The molecule has 2 aromatic rings. The molecule has 0 bridgehead atoms. The van der Waals surface area contributed by atoms with Gasteiger partial charge < -0.3 is 10.6 Å². The third-order valence-corrected chi connectivity index (χ3v) is 4.29. The number of nitrogens with two attached hydrogens (primary N) is 1. The molecule has 0 saturated carbocycles. The van der Waals surface area contributed by atoms with E-state index in [1.807, 2.05) is 18.3 Å². The molecule has 3 heterocycles. The summed E-state index contributed by atoms with van der Waals surface area (Å²) in [5, 5.41) is 0. The molecule has 1 aliphatic rings. The third kappa shape index (κ3) is 4.03. The monoisotopic (exact) mass is 311 g/mol.